The van der Waals surface area contributed by atoms with E-state index in [0.717, 1.165) is 17.9 Å². The van der Waals surface area contributed by atoms with Crippen LogP contribution in [0.4, 0.5) is 5.69 Å². The number of aryl methyl sites for hydroxylation is 1. The van der Waals surface area contributed by atoms with Gasteiger partial charge in [0.1, 0.15) is 0 Å². The second kappa shape index (κ2) is 5.92. The average Bonchev–Trinajstić information content (AvgIpc) is 2.18. The molecule has 0 aliphatic rings. The Balaban J connectivity index is 2.82. The van der Waals surface area contributed by atoms with Gasteiger partial charge in [0.2, 0.25) is 0 Å². The summed E-state index contributed by atoms with van der Waals surface area (Å²) in [5.74, 6) is 1.31. The molecule has 0 fully saturated rings. The third-order valence-corrected chi connectivity index (χ3v) is 3.03. The first-order valence-electron chi connectivity index (χ1n) is 4.46. The molecule has 0 aliphatic heterocycles. The fraction of sp³-hybridized carbons (Fsp3) is 0.444. The van der Waals surface area contributed by atoms with Crippen molar-refractivity contribution in [3.63, 3.8) is 0 Å². The first-order valence-corrected chi connectivity index (χ1v) is 5.98. The maximum Gasteiger partial charge on any atom is 0.301 e. The molecule has 0 spiro atoms. The summed E-state index contributed by atoms with van der Waals surface area (Å²) in [6.07, 6.45) is 0.818. The molecule has 0 aromatic carbocycles. The van der Waals surface area contributed by atoms with Crippen LogP contribution in [0.1, 0.15) is 12.1 Å². The molecule has 4 nitrogen and oxygen atoms in total. The Hall–Kier alpha value is -0.810. The predicted molar refractivity (Wildman–Crippen MR) is 61.7 cm³/mol. The van der Waals surface area contributed by atoms with Crippen LogP contribution in [0.15, 0.2) is 17.2 Å². The number of hydrogen-bond acceptors (Lipinski definition) is 4. The number of aromatic nitrogens is 1. The van der Waals surface area contributed by atoms with Gasteiger partial charge in [0, 0.05) is 23.4 Å². The third-order valence-electron chi connectivity index (χ3n) is 1.69. The van der Waals surface area contributed by atoms with E-state index < -0.39 is 4.92 Å². The van der Waals surface area contributed by atoms with Crippen molar-refractivity contribution < 1.29 is 4.92 Å². The summed E-state index contributed by atoms with van der Waals surface area (Å²) in [5, 5.41) is 11.2. The monoisotopic (exact) mass is 246 g/mol. The summed E-state index contributed by atoms with van der Waals surface area (Å²) < 4.78 is 0. The van der Waals surface area contributed by atoms with Crippen LogP contribution in [-0.4, -0.2) is 21.5 Å². The van der Waals surface area contributed by atoms with E-state index in [1.165, 1.54) is 17.8 Å². The van der Waals surface area contributed by atoms with E-state index in [0.29, 0.717) is 10.9 Å². The largest absolute Gasteiger partial charge is 0.301 e. The molecular formula is C9H11ClN2O2S. The Labute approximate surface area is 97.2 Å². The minimum atomic E-state index is -0.407. The third kappa shape index (κ3) is 3.68. The molecule has 0 atom stereocenters. The quantitative estimate of drug-likeness (QED) is 0.263. The highest BCUT2D eigenvalue weighted by atomic mass is 35.5. The van der Waals surface area contributed by atoms with Crippen LogP contribution in [0.2, 0.25) is 0 Å². The van der Waals surface area contributed by atoms with E-state index in [4.69, 9.17) is 11.6 Å². The van der Waals surface area contributed by atoms with Crippen molar-refractivity contribution in [1.29, 1.82) is 0 Å². The van der Waals surface area contributed by atoms with Gasteiger partial charge in [-0.2, -0.15) is 0 Å². The lowest BCUT2D eigenvalue weighted by molar-refractivity contribution is -0.388. The maximum absolute atomic E-state index is 10.7. The summed E-state index contributed by atoms with van der Waals surface area (Å²) in [6, 6.07) is 3.13. The highest BCUT2D eigenvalue weighted by Crippen LogP contribution is 2.27. The minimum absolute atomic E-state index is 0.0696. The zero-order valence-corrected chi connectivity index (χ0v) is 9.85. The van der Waals surface area contributed by atoms with Gasteiger partial charge in [-0.1, -0.05) is 11.8 Å². The van der Waals surface area contributed by atoms with Crippen LogP contribution in [0.25, 0.3) is 0 Å². The van der Waals surface area contributed by atoms with E-state index in [1.807, 2.05) is 6.92 Å². The Bertz CT molecular complexity index is 360. The lowest BCUT2D eigenvalue weighted by atomic mass is 10.3. The number of thioether (sulfide) groups is 1. The van der Waals surface area contributed by atoms with Crippen molar-refractivity contribution in [2.75, 3.05) is 11.6 Å². The fourth-order valence-electron chi connectivity index (χ4n) is 0.994. The van der Waals surface area contributed by atoms with Gasteiger partial charge in [-0.3, -0.25) is 10.1 Å². The van der Waals surface area contributed by atoms with Crippen LogP contribution >= 0.6 is 23.4 Å². The van der Waals surface area contributed by atoms with Gasteiger partial charge in [0.05, 0.1) is 4.92 Å². The summed E-state index contributed by atoms with van der Waals surface area (Å²) in [5.41, 5.74) is 0.856. The Morgan fingerprint density at radius 3 is 2.93 bits per heavy atom. The summed E-state index contributed by atoms with van der Waals surface area (Å²) in [6.45, 7) is 1.81. The van der Waals surface area contributed by atoms with Crippen molar-refractivity contribution >= 4 is 29.1 Å². The molecule has 0 saturated heterocycles. The van der Waals surface area contributed by atoms with Crippen LogP contribution in [0.3, 0.4) is 0 Å². The molecule has 0 saturated carbocycles. The van der Waals surface area contributed by atoms with Crippen LogP contribution < -0.4 is 0 Å². The van der Waals surface area contributed by atoms with E-state index in [9.17, 15) is 10.1 Å². The molecular weight excluding hydrogens is 236 g/mol. The fourth-order valence-corrected chi connectivity index (χ4v) is 2.27. The molecule has 0 radical (unpaired) electrons. The van der Waals surface area contributed by atoms with Crippen molar-refractivity contribution in [3.8, 4) is 0 Å². The zero-order valence-electron chi connectivity index (χ0n) is 8.27. The van der Waals surface area contributed by atoms with Gasteiger partial charge in [0.25, 0.3) is 0 Å². The van der Waals surface area contributed by atoms with Crippen LogP contribution in [-0.2, 0) is 0 Å². The van der Waals surface area contributed by atoms with Gasteiger partial charge >= 0.3 is 5.69 Å². The van der Waals surface area contributed by atoms with Crippen LogP contribution in [0, 0.1) is 17.0 Å². The average molecular weight is 247 g/mol. The molecule has 15 heavy (non-hydrogen) atoms. The van der Waals surface area contributed by atoms with E-state index in [-0.39, 0.29) is 5.69 Å². The standard InChI is InChI=1S/C9H11ClN2O2S/c1-7-3-4-8(12(13)14)9(11-7)15-6-2-5-10/h3-4H,2,5-6H2,1H3. The second-order valence-electron chi connectivity index (χ2n) is 2.93. The highest BCUT2D eigenvalue weighted by Gasteiger charge is 2.14. The number of rotatable bonds is 5. The van der Waals surface area contributed by atoms with E-state index in [2.05, 4.69) is 4.98 Å². The van der Waals surface area contributed by atoms with Crippen molar-refractivity contribution in [2.24, 2.45) is 0 Å². The first-order chi connectivity index (χ1) is 7.15. The number of alkyl halides is 1. The van der Waals surface area contributed by atoms with Crippen molar-refractivity contribution in [3.05, 3.63) is 27.9 Å². The van der Waals surface area contributed by atoms with Gasteiger partial charge in [0.15, 0.2) is 5.03 Å². The Morgan fingerprint density at radius 2 is 2.33 bits per heavy atom. The molecule has 1 aromatic heterocycles. The Kier molecular flexibility index (Phi) is 4.84. The van der Waals surface area contributed by atoms with E-state index in [1.54, 1.807) is 6.07 Å². The molecule has 82 valence electrons. The smallest absolute Gasteiger partial charge is 0.258 e. The summed E-state index contributed by atoms with van der Waals surface area (Å²) >= 11 is 6.91. The van der Waals surface area contributed by atoms with Crippen LogP contribution in [0.5, 0.6) is 0 Å². The lowest BCUT2D eigenvalue weighted by Crippen LogP contribution is -1.95. The minimum Gasteiger partial charge on any atom is -0.258 e. The molecule has 1 heterocycles. The second-order valence-corrected chi connectivity index (χ2v) is 4.39. The topological polar surface area (TPSA) is 56.0 Å². The zero-order chi connectivity index (χ0) is 11.3. The Morgan fingerprint density at radius 1 is 1.60 bits per heavy atom. The van der Waals surface area contributed by atoms with Gasteiger partial charge in [-0.15, -0.1) is 11.6 Å². The molecule has 6 heteroatoms. The molecule has 1 aromatic rings. The SMILES string of the molecule is Cc1ccc([N+](=O)[O-])c(SCCCCl)n1. The van der Waals surface area contributed by atoms with E-state index >= 15 is 0 Å². The number of halogens is 1. The predicted octanol–water partition coefficient (Wildman–Crippen LogP) is 3.02. The highest BCUT2D eigenvalue weighted by molar-refractivity contribution is 7.99. The molecule has 0 aliphatic carbocycles. The number of hydrogen-bond donors (Lipinski definition) is 0. The molecule has 0 N–H and O–H groups in total. The number of pyridine rings is 1. The molecule has 0 unspecified atom stereocenters. The van der Waals surface area contributed by atoms with Gasteiger partial charge < -0.3 is 0 Å². The summed E-state index contributed by atoms with van der Waals surface area (Å²) in [7, 11) is 0. The summed E-state index contributed by atoms with van der Waals surface area (Å²) in [4.78, 5) is 14.4. The molecule has 0 bridgehead atoms. The molecule has 1 rings (SSSR count). The van der Waals surface area contributed by atoms with Crippen molar-refractivity contribution in [1.82, 2.24) is 4.98 Å². The normalized spacial score (nSPS) is 10.3. The lowest BCUT2D eigenvalue weighted by Gasteiger charge is -2.01. The maximum atomic E-state index is 10.7. The molecule has 0 amide bonds. The number of nitro groups is 1. The van der Waals surface area contributed by atoms with Crippen molar-refractivity contribution in [2.45, 2.75) is 18.4 Å². The van der Waals surface area contributed by atoms with Gasteiger partial charge in [-0.05, 0) is 19.4 Å². The first kappa shape index (κ1) is 12.3. The van der Waals surface area contributed by atoms with Gasteiger partial charge in [-0.25, -0.2) is 4.98 Å². The number of nitrogens with zero attached hydrogens (tertiary/aromatic N) is 2.